The Bertz CT molecular complexity index is 1700. The molecule has 7 atom stereocenters. The van der Waals surface area contributed by atoms with Crippen molar-refractivity contribution in [3.05, 3.63) is 63.8 Å². The molecule has 4 aliphatic carbocycles. The second-order valence-electron chi connectivity index (χ2n) is 13.6. The standard InChI is InChI=1S/C36H41NO14/c1-5-47-33(43)51-36(15-13-25-24-9-8-22-17-23(38)12-14-34(22,2)32(24)26(39)18-35(25,36)3)29(40)19-48-30(41)11-7-21-6-10-27(28(16-21)46-4)50-31(42)20-49-37(44)45/h6-7,10-12,14,16-17,24-26,32,39H,5,8-9,13,15,18-20H2,1-4H3/t24-,25-,26-,32+,34-,35-,36-/m0/s1. The zero-order valence-corrected chi connectivity index (χ0v) is 28.8. The lowest BCUT2D eigenvalue weighted by Gasteiger charge is -2.59. The maximum Gasteiger partial charge on any atom is 0.509 e. The first-order valence-corrected chi connectivity index (χ1v) is 16.7. The molecule has 274 valence electrons. The number of Topliss-reactive ketones (excluding diaryl/α,β-unsaturated/α-hetero) is 1. The number of benzene rings is 1. The van der Waals surface area contributed by atoms with E-state index in [4.69, 9.17) is 23.7 Å². The maximum atomic E-state index is 14.2. The Morgan fingerprint density at radius 1 is 1.10 bits per heavy atom. The van der Waals surface area contributed by atoms with Crippen LogP contribution in [0.3, 0.4) is 0 Å². The summed E-state index contributed by atoms with van der Waals surface area (Å²) in [6.45, 7) is 3.87. The van der Waals surface area contributed by atoms with Crippen LogP contribution in [0, 0.1) is 38.7 Å². The van der Waals surface area contributed by atoms with Crippen molar-refractivity contribution in [1.29, 1.82) is 0 Å². The fourth-order valence-corrected chi connectivity index (χ4v) is 8.88. The first-order valence-electron chi connectivity index (χ1n) is 16.7. The number of hydrogen-bond acceptors (Lipinski definition) is 14. The van der Waals surface area contributed by atoms with Crippen LogP contribution in [-0.4, -0.2) is 78.5 Å². The second kappa shape index (κ2) is 14.7. The normalized spacial score (nSPS) is 30.6. The minimum absolute atomic E-state index is 0.0130. The van der Waals surface area contributed by atoms with E-state index in [1.807, 2.05) is 19.9 Å². The van der Waals surface area contributed by atoms with Gasteiger partial charge in [0.2, 0.25) is 5.78 Å². The van der Waals surface area contributed by atoms with Crippen LogP contribution in [-0.2, 0) is 38.2 Å². The Morgan fingerprint density at radius 3 is 2.57 bits per heavy atom. The van der Waals surface area contributed by atoms with Gasteiger partial charge in [0.1, 0.15) is 0 Å². The highest BCUT2D eigenvalue weighted by atomic mass is 17.0. The van der Waals surface area contributed by atoms with Gasteiger partial charge < -0.3 is 33.6 Å². The van der Waals surface area contributed by atoms with Crippen LogP contribution < -0.4 is 9.47 Å². The van der Waals surface area contributed by atoms with Gasteiger partial charge in [-0.15, -0.1) is 10.1 Å². The van der Waals surface area contributed by atoms with E-state index in [1.54, 1.807) is 19.1 Å². The van der Waals surface area contributed by atoms with E-state index in [0.29, 0.717) is 24.8 Å². The molecule has 5 rings (SSSR count). The average Bonchev–Trinajstić information content (AvgIpc) is 3.37. The van der Waals surface area contributed by atoms with Crippen molar-refractivity contribution in [3.63, 3.8) is 0 Å². The maximum absolute atomic E-state index is 14.2. The molecule has 15 nitrogen and oxygen atoms in total. The molecule has 1 aromatic carbocycles. The number of carbonyl (C=O) groups excluding carboxylic acids is 5. The number of nitrogens with zero attached hydrogens (tertiary/aromatic N) is 1. The topological polar surface area (TPSA) is 204 Å². The van der Waals surface area contributed by atoms with Crippen molar-refractivity contribution in [2.75, 3.05) is 26.9 Å². The minimum atomic E-state index is -1.74. The molecule has 0 radical (unpaired) electrons. The molecule has 0 aromatic heterocycles. The van der Waals surface area contributed by atoms with Gasteiger partial charge in [0.15, 0.2) is 36.1 Å². The third kappa shape index (κ3) is 7.12. The summed E-state index contributed by atoms with van der Waals surface area (Å²) in [7, 11) is 1.30. The average molecular weight is 712 g/mol. The Kier molecular flexibility index (Phi) is 10.7. The molecule has 0 amide bonds. The Hall–Kier alpha value is -5.05. The monoisotopic (exact) mass is 711 g/mol. The zero-order valence-electron chi connectivity index (χ0n) is 28.8. The predicted octanol–water partition coefficient (Wildman–Crippen LogP) is 4.13. The van der Waals surface area contributed by atoms with Crippen LogP contribution in [0.4, 0.5) is 4.79 Å². The zero-order chi connectivity index (χ0) is 37.1. The summed E-state index contributed by atoms with van der Waals surface area (Å²) in [5.41, 5.74) is -1.87. The fourth-order valence-electron chi connectivity index (χ4n) is 8.88. The Balaban J connectivity index is 1.31. The van der Waals surface area contributed by atoms with Crippen molar-refractivity contribution in [3.8, 4) is 11.5 Å². The van der Waals surface area contributed by atoms with E-state index >= 15 is 0 Å². The SMILES string of the molecule is CCOC(=O)O[C@]1(C(=O)COC(=O)C=Cc2ccc(OC(=O)CO[N+](=O)[O-])c(OC)c2)CC[C@H]2[C@@H]3CCC4=CC(=O)C=C[C@]4(C)[C@H]3[C@@H](O)C[C@@]21C. The van der Waals surface area contributed by atoms with E-state index in [0.717, 1.165) is 11.6 Å². The molecule has 15 heteroatoms. The summed E-state index contributed by atoms with van der Waals surface area (Å²) in [5, 5.41) is 21.0. The molecular weight excluding hydrogens is 670 g/mol. The van der Waals surface area contributed by atoms with Crippen LogP contribution in [0.5, 0.6) is 11.5 Å². The lowest BCUT2D eigenvalue weighted by atomic mass is 9.46. The molecule has 0 aliphatic heterocycles. The lowest BCUT2D eigenvalue weighted by Crippen LogP contribution is -2.63. The molecule has 0 unspecified atom stereocenters. The van der Waals surface area contributed by atoms with E-state index in [2.05, 4.69) is 4.84 Å². The van der Waals surface area contributed by atoms with Crippen LogP contribution in [0.15, 0.2) is 48.1 Å². The highest BCUT2D eigenvalue weighted by Crippen LogP contribution is 2.68. The van der Waals surface area contributed by atoms with Gasteiger partial charge in [-0.05, 0) is 86.8 Å². The lowest BCUT2D eigenvalue weighted by molar-refractivity contribution is -0.754. The summed E-state index contributed by atoms with van der Waals surface area (Å²) in [4.78, 5) is 78.1. The van der Waals surface area contributed by atoms with E-state index in [-0.39, 0.29) is 54.5 Å². The van der Waals surface area contributed by atoms with Gasteiger partial charge in [0.05, 0.1) is 19.8 Å². The van der Waals surface area contributed by atoms with E-state index < -0.39 is 64.7 Å². The molecular formula is C36H41NO14. The highest BCUT2D eigenvalue weighted by Gasteiger charge is 2.70. The van der Waals surface area contributed by atoms with Crippen LogP contribution >= 0.6 is 0 Å². The third-order valence-corrected chi connectivity index (χ3v) is 11.0. The first kappa shape index (κ1) is 37.2. The summed E-state index contributed by atoms with van der Waals surface area (Å²) in [6, 6.07) is 4.26. The Labute approximate surface area is 293 Å². The molecule has 3 fully saturated rings. The number of methoxy groups -OCH3 is 1. The fraction of sp³-hybridized carbons (Fsp3) is 0.528. The summed E-state index contributed by atoms with van der Waals surface area (Å²) < 4.78 is 26.6. The van der Waals surface area contributed by atoms with Crippen molar-refractivity contribution in [2.45, 2.75) is 64.6 Å². The van der Waals surface area contributed by atoms with Crippen LogP contribution in [0.2, 0.25) is 0 Å². The number of fused-ring (bicyclic) bond motifs is 5. The number of ether oxygens (including phenoxy) is 5. The second-order valence-corrected chi connectivity index (χ2v) is 13.6. The molecule has 0 saturated heterocycles. The summed E-state index contributed by atoms with van der Waals surface area (Å²) >= 11 is 0. The van der Waals surface area contributed by atoms with Crippen LogP contribution in [0.1, 0.15) is 58.4 Å². The van der Waals surface area contributed by atoms with Gasteiger partial charge in [0.25, 0.3) is 5.09 Å². The van der Waals surface area contributed by atoms with E-state index in [9.17, 15) is 39.2 Å². The molecule has 4 aliphatic rings. The van der Waals surface area contributed by atoms with Gasteiger partial charge in [-0.2, -0.15) is 0 Å². The van der Waals surface area contributed by atoms with Crippen molar-refractivity contribution >= 4 is 35.7 Å². The van der Waals surface area contributed by atoms with Gasteiger partial charge >= 0.3 is 18.1 Å². The first-order chi connectivity index (χ1) is 24.2. The third-order valence-electron chi connectivity index (χ3n) is 11.0. The predicted molar refractivity (Wildman–Crippen MR) is 175 cm³/mol. The number of hydrogen-bond donors (Lipinski definition) is 1. The molecule has 0 spiro atoms. The summed E-state index contributed by atoms with van der Waals surface area (Å²) in [5.74, 6) is -2.94. The number of aliphatic hydroxyl groups is 1. The molecule has 1 N–H and O–H groups in total. The van der Waals surface area contributed by atoms with Gasteiger partial charge in [0, 0.05) is 22.8 Å². The number of aliphatic hydroxyl groups excluding tert-OH is 1. The number of allylic oxidation sites excluding steroid dienone is 4. The molecule has 1 aromatic rings. The highest BCUT2D eigenvalue weighted by molar-refractivity contribution is 6.01. The smallest absolute Gasteiger partial charge is 0.493 e. The van der Waals surface area contributed by atoms with Gasteiger partial charge in [-0.1, -0.05) is 31.6 Å². The molecule has 3 saturated carbocycles. The molecule has 51 heavy (non-hydrogen) atoms. The van der Waals surface area contributed by atoms with Gasteiger partial charge in [-0.3, -0.25) is 9.59 Å². The van der Waals surface area contributed by atoms with E-state index in [1.165, 1.54) is 31.4 Å². The van der Waals surface area contributed by atoms with Crippen molar-refractivity contribution in [1.82, 2.24) is 0 Å². The quantitative estimate of drug-likeness (QED) is 0.107. The van der Waals surface area contributed by atoms with Crippen molar-refractivity contribution < 1.29 is 62.7 Å². The van der Waals surface area contributed by atoms with Gasteiger partial charge in [-0.25, -0.2) is 14.4 Å². The van der Waals surface area contributed by atoms with Crippen molar-refractivity contribution in [2.24, 2.45) is 28.6 Å². The number of esters is 2. The number of ketones is 2. The van der Waals surface area contributed by atoms with Crippen LogP contribution in [0.25, 0.3) is 6.08 Å². The summed E-state index contributed by atoms with van der Waals surface area (Å²) in [6.07, 6.45) is 7.79. The largest absolute Gasteiger partial charge is 0.509 e. The number of rotatable bonds is 12. The molecule has 0 heterocycles. The Morgan fingerprint density at radius 2 is 1.86 bits per heavy atom. The number of carbonyl (C=O) groups is 5. The minimum Gasteiger partial charge on any atom is -0.493 e. The molecule has 0 bridgehead atoms.